The van der Waals surface area contributed by atoms with Crippen LogP contribution >= 0.6 is 0 Å². The van der Waals surface area contributed by atoms with Crippen molar-refractivity contribution in [1.82, 2.24) is 0 Å². The molecule has 4 nitrogen and oxygen atoms in total. The fourth-order valence-electron chi connectivity index (χ4n) is 5.89. The van der Waals surface area contributed by atoms with Crippen LogP contribution in [0.4, 0.5) is 0 Å². The lowest BCUT2D eigenvalue weighted by Gasteiger charge is -2.59. The second-order valence-corrected chi connectivity index (χ2v) is 9.13. The third-order valence-corrected chi connectivity index (χ3v) is 7.62. The molecule has 0 spiro atoms. The molecule has 5 atom stereocenters. The number of allylic oxidation sites excluding steroid dienone is 1. The van der Waals surface area contributed by atoms with E-state index in [1.807, 2.05) is 6.08 Å². The lowest BCUT2D eigenvalue weighted by molar-refractivity contribution is -0.148. The second-order valence-electron chi connectivity index (χ2n) is 9.13. The Morgan fingerprint density at radius 3 is 2.54 bits per heavy atom. The van der Waals surface area contributed by atoms with E-state index in [1.54, 1.807) is 6.92 Å². The van der Waals surface area contributed by atoms with Crippen molar-refractivity contribution in [1.29, 1.82) is 0 Å². The number of carbonyl (C=O) groups is 2. The lowest BCUT2D eigenvalue weighted by Crippen LogP contribution is -2.56. The summed E-state index contributed by atoms with van der Waals surface area (Å²) in [7, 11) is 0. The Labute approximate surface area is 144 Å². The van der Waals surface area contributed by atoms with Crippen LogP contribution in [0.2, 0.25) is 0 Å². The molecule has 2 fully saturated rings. The number of hydrogen-bond acceptors (Lipinski definition) is 4. The first-order valence-corrected chi connectivity index (χ1v) is 9.14. The second kappa shape index (κ2) is 5.50. The molecule has 0 aromatic rings. The summed E-state index contributed by atoms with van der Waals surface area (Å²) in [5.74, 6) is 0.582. The zero-order valence-corrected chi connectivity index (χ0v) is 15.3. The minimum absolute atomic E-state index is 0.00787. The molecule has 0 aromatic carbocycles. The lowest BCUT2D eigenvalue weighted by atomic mass is 9.45. The summed E-state index contributed by atoms with van der Waals surface area (Å²) in [4.78, 5) is 24.6. The van der Waals surface area contributed by atoms with Crippen LogP contribution in [0.15, 0.2) is 11.6 Å². The summed E-state index contributed by atoms with van der Waals surface area (Å²) < 4.78 is 0. The summed E-state index contributed by atoms with van der Waals surface area (Å²) in [6, 6.07) is 0. The average molecular weight is 334 g/mol. The van der Waals surface area contributed by atoms with Gasteiger partial charge in [-0.05, 0) is 49.9 Å². The maximum Gasteiger partial charge on any atom is 0.170 e. The molecule has 2 saturated carbocycles. The third-order valence-electron chi connectivity index (χ3n) is 7.62. The van der Waals surface area contributed by atoms with Crippen LogP contribution < -0.4 is 0 Å². The van der Waals surface area contributed by atoms with Crippen molar-refractivity contribution < 1.29 is 19.8 Å². The third kappa shape index (κ3) is 2.26. The number of carbonyl (C=O) groups excluding carboxylic acids is 2. The summed E-state index contributed by atoms with van der Waals surface area (Å²) in [5, 5.41) is 20.0. The summed E-state index contributed by atoms with van der Waals surface area (Å²) in [5.41, 5.74) is -0.0606. The zero-order valence-electron chi connectivity index (χ0n) is 15.3. The molecule has 3 aliphatic carbocycles. The Bertz CT molecular complexity index is 605. The number of ketones is 2. The van der Waals surface area contributed by atoms with Gasteiger partial charge in [0, 0.05) is 11.8 Å². The highest BCUT2D eigenvalue weighted by Gasteiger charge is 2.58. The molecule has 0 amide bonds. The van der Waals surface area contributed by atoms with Gasteiger partial charge < -0.3 is 10.2 Å². The minimum Gasteiger partial charge on any atom is -0.392 e. The van der Waals surface area contributed by atoms with E-state index in [4.69, 9.17) is 0 Å². The topological polar surface area (TPSA) is 74.6 Å². The quantitative estimate of drug-likeness (QED) is 0.761. The normalized spacial score (nSPS) is 44.3. The Morgan fingerprint density at radius 2 is 1.92 bits per heavy atom. The van der Waals surface area contributed by atoms with Crippen molar-refractivity contribution in [3.05, 3.63) is 11.6 Å². The van der Waals surface area contributed by atoms with Gasteiger partial charge >= 0.3 is 0 Å². The van der Waals surface area contributed by atoms with Gasteiger partial charge in [-0.2, -0.15) is 0 Å². The molecule has 0 radical (unpaired) electrons. The van der Waals surface area contributed by atoms with Crippen molar-refractivity contribution in [2.45, 2.75) is 65.9 Å². The van der Waals surface area contributed by atoms with Crippen LogP contribution in [0, 0.1) is 28.1 Å². The van der Waals surface area contributed by atoms with Gasteiger partial charge in [-0.25, -0.2) is 0 Å². The molecular weight excluding hydrogens is 304 g/mol. The smallest absolute Gasteiger partial charge is 0.170 e. The van der Waals surface area contributed by atoms with E-state index in [1.165, 1.54) is 5.57 Å². The molecule has 0 aromatic heterocycles. The molecule has 0 unspecified atom stereocenters. The van der Waals surface area contributed by atoms with Crippen LogP contribution in [0.25, 0.3) is 0 Å². The van der Waals surface area contributed by atoms with Gasteiger partial charge in [0.2, 0.25) is 0 Å². The Hall–Kier alpha value is -1.00. The van der Waals surface area contributed by atoms with Gasteiger partial charge in [-0.15, -0.1) is 0 Å². The maximum absolute atomic E-state index is 12.4. The first-order chi connectivity index (χ1) is 11.1. The number of rotatable bonds is 2. The van der Waals surface area contributed by atoms with Crippen molar-refractivity contribution in [2.24, 2.45) is 28.1 Å². The van der Waals surface area contributed by atoms with Gasteiger partial charge in [-0.3, -0.25) is 9.59 Å². The van der Waals surface area contributed by atoms with E-state index in [-0.39, 0.29) is 22.5 Å². The zero-order chi connectivity index (χ0) is 17.9. The predicted molar refractivity (Wildman–Crippen MR) is 91.2 cm³/mol. The molecule has 3 aliphatic rings. The van der Waals surface area contributed by atoms with Crippen LogP contribution in [0.1, 0.15) is 59.8 Å². The Kier molecular flexibility index (Phi) is 4.08. The number of aliphatic hydroxyl groups excluding tert-OH is 2. The molecule has 4 heteroatoms. The van der Waals surface area contributed by atoms with Gasteiger partial charge in [0.05, 0.1) is 11.5 Å². The Balaban J connectivity index is 2.01. The summed E-state index contributed by atoms with van der Waals surface area (Å²) in [6.45, 7) is 7.62. The number of Topliss-reactive ketones (excluding diaryl/α,β-unsaturated/α-hetero) is 2. The van der Waals surface area contributed by atoms with Crippen molar-refractivity contribution in [3.63, 3.8) is 0 Å². The molecule has 0 saturated heterocycles. The number of fused-ring (bicyclic) bond motifs is 3. The van der Waals surface area contributed by atoms with Crippen LogP contribution in [-0.4, -0.2) is 34.5 Å². The molecule has 2 N–H and O–H groups in total. The summed E-state index contributed by atoms with van der Waals surface area (Å²) >= 11 is 0. The van der Waals surface area contributed by atoms with Crippen LogP contribution in [0.3, 0.4) is 0 Å². The van der Waals surface area contributed by atoms with Gasteiger partial charge in [0.15, 0.2) is 5.78 Å². The molecule has 134 valence electrons. The first-order valence-electron chi connectivity index (χ1n) is 9.14. The standard InChI is InChI=1S/C20H30O4/c1-18(2)14-6-5-12-10-20(4,17(24)11-21)16(23)9-13(12)19(14,3)8-7-15(18)22/h10,13-14,16,21,23H,5-9,11H2,1-4H3/t13-,14+,16-,19+,20-/m1/s1. The van der Waals surface area contributed by atoms with Crippen LogP contribution in [-0.2, 0) is 9.59 Å². The monoisotopic (exact) mass is 334 g/mol. The SMILES string of the molecule is CC1(C)C(=O)CC[C@@]2(C)[C@@H]3C[C@@H](O)[C@](C)(C(=O)CO)C=C3CC[C@@H]12. The van der Waals surface area contributed by atoms with E-state index in [9.17, 15) is 19.8 Å². The highest BCUT2D eigenvalue weighted by atomic mass is 16.3. The van der Waals surface area contributed by atoms with Crippen LogP contribution in [0.5, 0.6) is 0 Å². The highest BCUT2D eigenvalue weighted by Crippen LogP contribution is 2.62. The van der Waals surface area contributed by atoms with E-state index in [2.05, 4.69) is 20.8 Å². The molecule has 3 rings (SSSR count). The highest BCUT2D eigenvalue weighted by molar-refractivity contribution is 5.88. The van der Waals surface area contributed by atoms with Gasteiger partial charge in [0.25, 0.3) is 0 Å². The Morgan fingerprint density at radius 1 is 1.25 bits per heavy atom. The van der Waals surface area contributed by atoms with Crippen molar-refractivity contribution in [2.75, 3.05) is 6.61 Å². The molecule has 0 aliphatic heterocycles. The number of hydrogen-bond donors (Lipinski definition) is 2. The maximum atomic E-state index is 12.4. The number of aliphatic hydroxyl groups is 2. The van der Waals surface area contributed by atoms with E-state index in [0.717, 1.165) is 19.3 Å². The largest absolute Gasteiger partial charge is 0.392 e. The fraction of sp³-hybridized carbons (Fsp3) is 0.800. The van der Waals surface area contributed by atoms with Crippen molar-refractivity contribution in [3.8, 4) is 0 Å². The fourth-order valence-corrected chi connectivity index (χ4v) is 5.89. The van der Waals surface area contributed by atoms with Crippen molar-refractivity contribution >= 4 is 11.6 Å². The van der Waals surface area contributed by atoms with Gasteiger partial charge in [-0.1, -0.05) is 32.4 Å². The summed E-state index contributed by atoms with van der Waals surface area (Å²) in [6.07, 6.45) is 5.01. The van der Waals surface area contributed by atoms with E-state index < -0.39 is 18.1 Å². The van der Waals surface area contributed by atoms with E-state index in [0.29, 0.717) is 24.5 Å². The molecule has 0 bridgehead atoms. The first kappa shape index (κ1) is 17.8. The molecule has 0 heterocycles. The van der Waals surface area contributed by atoms with E-state index >= 15 is 0 Å². The molecule has 24 heavy (non-hydrogen) atoms. The minimum atomic E-state index is -0.982. The average Bonchev–Trinajstić information content (AvgIpc) is 2.52. The van der Waals surface area contributed by atoms with Gasteiger partial charge in [0.1, 0.15) is 12.4 Å². The molecular formula is C20H30O4. The predicted octanol–water partition coefficient (Wildman–Crippen LogP) is 2.67.